The Hall–Kier alpha value is -1.13. The summed E-state index contributed by atoms with van der Waals surface area (Å²) in [6.45, 7) is 0.910. The lowest BCUT2D eigenvalue weighted by atomic mass is 10.2. The zero-order valence-corrected chi connectivity index (χ0v) is 10.8. The van der Waals surface area contributed by atoms with Gasteiger partial charge in [-0.25, -0.2) is 4.39 Å². The molecule has 0 radical (unpaired) electrons. The second-order valence-corrected chi connectivity index (χ2v) is 4.94. The molecule has 0 aliphatic heterocycles. The summed E-state index contributed by atoms with van der Waals surface area (Å²) in [6.07, 6.45) is 2.60. The molecule has 1 aromatic carbocycles. The summed E-state index contributed by atoms with van der Waals surface area (Å²) in [5.74, 6) is -0.231. The summed E-state index contributed by atoms with van der Waals surface area (Å²) < 4.78 is 13.4. The van der Waals surface area contributed by atoms with Crippen molar-refractivity contribution in [3.05, 3.63) is 34.6 Å². The highest BCUT2D eigenvalue weighted by Crippen LogP contribution is 2.18. The topological polar surface area (TPSA) is 41.1 Å². The summed E-state index contributed by atoms with van der Waals surface area (Å²) in [5, 5.41) is 6.45. The minimum atomic E-state index is -0.283. The minimum Gasteiger partial charge on any atom is -0.353 e. The van der Waals surface area contributed by atoms with Crippen molar-refractivity contribution in [3.63, 3.8) is 0 Å². The van der Waals surface area contributed by atoms with E-state index in [2.05, 4.69) is 10.6 Å². The number of amides is 1. The molecule has 3 nitrogen and oxygen atoms in total. The van der Waals surface area contributed by atoms with Crippen LogP contribution >= 0.6 is 11.6 Å². The van der Waals surface area contributed by atoms with Crippen LogP contribution in [0, 0.1) is 5.82 Å². The van der Waals surface area contributed by atoms with E-state index in [9.17, 15) is 9.18 Å². The van der Waals surface area contributed by atoms with Crippen molar-refractivity contribution < 1.29 is 9.18 Å². The van der Waals surface area contributed by atoms with Crippen molar-refractivity contribution in [2.45, 2.75) is 31.8 Å². The highest BCUT2D eigenvalue weighted by atomic mass is 35.5. The van der Waals surface area contributed by atoms with Gasteiger partial charge in [0, 0.05) is 36.1 Å². The molecule has 1 saturated carbocycles. The standard InChI is InChI=1S/C13H16ClFN2O/c14-10-1-4-12(15)9(7-10)8-16-6-5-13(18)17-11-2-3-11/h1,4,7,11,16H,2-3,5-6,8H2,(H,17,18). The molecule has 2 rings (SSSR count). The minimum absolute atomic E-state index is 0.0524. The van der Waals surface area contributed by atoms with E-state index in [1.165, 1.54) is 12.1 Å². The molecule has 98 valence electrons. The molecule has 1 aromatic rings. The van der Waals surface area contributed by atoms with Gasteiger partial charge in [0.2, 0.25) is 5.91 Å². The quantitative estimate of drug-likeness (QED) is 0.779. The van der Waals surface area contributed by atoms with Gasteiger partial charge in [0.05, 0.1) is 0 Å². The van der Waals surface area contributed by atoms with Gasteiger partial charge in [-0.05, 0) is 31.0 Å². The van der Waals surface area contributed by atoms with Crippen molar-refractivity contribution in [2.75, 3.05) is 6.54 Å². The van der Waals surface area contributed by atoms with E-state index < -0.39 is 0 Å². The third-order valence-electron chi connectivity index (χ3n) is 2.79. The van der Waals surface area contributed by atoms with Crippen LogP contribution in [0.1, 0.15) is 24.8 Å². The molecule has 18 heavy (non-hydrogen) atoms. The van der Waals surface area contributed by atoms with Crippen molar-refractivity contribution >= 4 is 17.5 Å². The van der Waals surface area contributed by atoms with Gasteiger partial charge in [0.15, 0.2) is 0 Å². The third kappa shape index (κ3) is 4.27. The van der Waals surface area contributed by atoms with Gasteiger partial charge >= 0.3 is 0 Å². The van der Waals surface area contributed by atoms with Crippen LogP contribution in [0.4, 0.5) is 4.39 Å². The van der Waals surface area contributed by atoms with Crippen molar-refractivity contribution in [2.24, 2.45) is 0 Å². The molecular weight excluding hydrogens is 255 g/mol. The summed E-state index contributed by atoms with van der Waals surface area (Å²) in [6, 6.07) is 4.85. The zero-order valence-electron chi connectivity index (χ0n) is 10.0. The predicted molar refractivity (Wildman–Crippen MR) is 68.9 cm³/mol. The molecule has 0 aromatic heterocycles. The van der Waals surface area contributed by atoms with Gasteiger partial charge in [-0.1, -0.05) is 11.6 Å². The van der Waals surface area contributed by atoms with E-state index in [1.807, 2.05) is 0 Å². The maximum Gasteiger partial charge on any atom is 0.221 e. The van der Waals surface area contributed by atoms with Crippen LogP contribution in [0.15, 0.2) is 18.2 Å². The molecule has 5 heteroatoms. The van der Waals surface area contributed by atoms with E-state index in [-0.39, 0.29) is 11.7 Å². The second kappa shape index (κ2) is 6.16. The molecule has 0 atom stereocenters. The fourth-order valence-corrected chi connectivity index (χ4v) is 1.83. The van der Waals surface area contributed by atoms with Crippen molar-refractivity contribution in [3.8, 4) is 0 Å². The predicted octanol–water partition coefficient (Wildman–Crippen LogP) is 2.24. The molecule has 0 spiro atoms. The van der Waals surface area contributed by atoms with Gasteiger partial charge in [-0.3, -0.25) is 4.79 Å². The maximum atomic E-state index is 13.4. The van der Waals surface area contributed by atoms with Crippen LogP contribution in [-0.4, -0.2) is 18.5 Å². The van der Waals surface area contributed by atoms with Crippen LogP contribution in [-0.2, 0) is 11.3 Å². The summed E-state index contributed by atoms with van der Waals surface area (Å²) >= 11 is 5.79. The smallest absolute Gasteiger partial charge is 0.221 e. The Bertz CT molecular complexity index is 435. The Morgan fingerprint density at radius 2 is 2.22 bits per heavy atom. The second-order valence-electron chi connectivity index (χ2n) is 4.50. The van der Waals surface area contributed by atoms with Gasteiger partial charge in [0.25, 0.3) is 0 Å². The van der Waals surface area contributed by atoms with Crippen molar-refractivity contribution in [1.29, 1.82) is 0 Å². The van der Waals surface area contributed by atoms with Crippen LogP contribution in [0.2, 0.25) is 5.02 Å². The van der Waals surface area contributed by atoms with Crippen LogP contribution in [0.3, 0.4) is 0 Å². The molecule has 0 bridgehead atoms. The first-order valence-corrected chi connectivity index (χ1v) is 6.47. The summed E-state index contributed by atoms with van der Waals surface area (Å²) in [5.41, 5.74) is 0.519. The van der Waals surface area contributed by atoms with Gasteiger partial charge in [-0.15, -0.1) is 0 Å². The number of hydrogen-bond acceptors (Lipinski definition) is 2. The lowest BCUT2D eigenvalue weighted by Gasteiger charge is -2.07. The molecule has 0 heterocycles. The molecular formula is C13H16ClFN2O. The fourth-order valence-electron chi connectivity index (χ4n) is 1.63. The summed E-state index contributed by atoms with van der Waals surface area (Å²) in [7, 11) is 0. The average Bonchev–Trinajstić information content (AvgIpc) is 3.13. The first kappa shape index (κ1) is 13.3. The number of hydrogen-bond donors (Lipinski definition) is 2. The summed E-state index contributed by atoms with van der Waals surface area (Å²) in [4.78, 5) is 11.4. The van der Waals surface area contributed by atoms with Crippen LogP contribution in [0.5, 0.6) is 0 Å². The SMILES string of the molecule is O=C(CCNCc1cc(Cl)ccc1F)NC1CC1. The number of nitrogens with one attached hydrogen (secondary N) is 2. The monoisotopic (exact) mass is 270 g/mol. The zero-order chi connectivity index (χ0) is 13.0. The Morgan fingerprint density at radius 3 is 2.94 bits per heavy atom. The van der Waals surface area contributed by atoms with E-state index in [1.54, 1.807) is 6.07 Å². The van der Waals surface area contributed by atoms with Gasteiger partial charge in [-0.2, -0.15) is 0 Å². The highest BCUT2D eigenvalue weighted by Gasteiger charge is 2.22. The molecule has 2 N–H and O–H groups in total. The average molecular weight is 271 g/mol. The van der Waals surface area contributed by atoms with E-state index in [4.69, 9.17) is 11.6 Å². The van der Waals surface area contributed by atoms with Crippen LogP contribution < -0.4 is 10.6 Å². The third-order valence-corrected chi connectivity index (χ3v) is 3.03. The number of carbonyl (C=O) groups is 1. The lowest BCUT2D eigenvalue weighted by molar-refractivity contribution is -0.121. The molecule has 0 unspecified atom stereocenters. The Kier molecular flexibility index (Phi) is 4.55. The van der Waals surface area contributed by atoms with Gasteiger partial charge in [0.1, 0.15) is 5.82 Å². The molecule has 1 fully saturated rings. The molecule has 0 saturated heterocycles. The Labute approximate surface area is 111 Å². The molecule has 1 aliphatic carbocycles. The number of benzene rings is 1. The fraction of sp³-hybridized carbons (Fsp3) is 0.462. The number of carbonyl (C=O) groups excluding carboxylic acids is 1. The largest absolute Gasteiger partial charge is 0.353 e. The Morgan fingerprint density at radius 1 is 1.44 bits per heavy atom. The number of rotatable bonds is 6. The van der Waals surface area contributed by atoms with Crippen LogP contribution in [0.25, 0.3) is 0 Å². The van der Waals surface area contributed by atoms with E-state index in [0.717, 1.165) is 12.8 Å². The first-order valence-electron chi connectivity index (χ1n) is 6.09. The maximum absolute atomic E-state index is 13.4. The van der Waals surface area contributed by atoms with E-state index in [0.29, 0.717) is 36.1 Å². The van der Waals surface area contributed by atoms with Crippen molar-refractivity contribution in [1.82, 2.24) is 10.6 Å². The Balaban J connectivity index is 1.67. The first-order chi connectivity index (χ1) is 8.65. The molecule has 1 aliphatic rings. The van der Waals surface area contributed by atoms with E-state index >= 15 is 0 Å². The molecule has 1 amide bonds. The normalized spacial score (nSPS) is 14.6. The lowest BCUT2D eigenvalue weighted by Crippen LogP contribution is -2.29. The number of halogens is 2. The highest BCUT2D eigenvalue weighted by molar-refractivity contribution is 6.30. The van der Waals surface area contributed by atoms with Gasteiger partial charge < -0.3 is 10.6 Å².